The van der Waals surface area contributed by atoms with Gasteiger partial charge in [-0.25, -0.2) is 4.79 Å². The molecule has 1 amide bonds. The molecule has 38 heavy (non-hydrogen) atoms. The number of nitrogens with zero attached hydrogens (tertiary/aromatic N) is 1. The fourth-order valence-corrected chi connectivity index (χ4v) is 4.90. The Morgan fingerprint density at radius 3 is 2.26 bits per heavy atom. The number of thioether (sulfide) groups is 1. The van der Waals surface area contributed by atoms with Crippen LogP contribution in [0.4, 0.5) is 4.79 Å². The molecular formula is C30H30ClNO5S. The molecule has 1 aliphatic rings. The maximum Gasteiger partial charge on any atom is 0.415 e. The maximum atomic E-state index is 13.7. The van der Waals surface area contributed by atoms with E-state index >= 15 is 0 Å². The van der Waals surface area contributed by atoms with Crippen LogP contribution in [0, 0.1) is 5.92 Å². The van der Waals surface area contributed by atoms with Gasteiger partial charge in [0, 0.05) is 40.4 Å². The molecular weight excluding hydrogens is 522 g/mol. The lowest BCUT2D eigenvalue weighted by Crippen LogP contribution is -2.36. The molecule has 0 bridgehead atoms. The molecule has 1 saturated heterocycles. The average molecular weight is 552 g/mol. The first-order chi connectivity index (χ1) is 18.1. The average Bonchev–Trinajstić information content (AvgIpc) is 3.35. The van der Waals surface area contributed by atoms with Crippen molar-refractivity contribution >= 4 is 41.0 Å². The minimum Gasteiger partial charge on any atom is -0.480 e. The molecule has 0 aliphatic carbocycles. The molecule has 6 nitrogen and oxygen atoms in total. The van der Waals surface area contributed by atoms with E-state index in [-0.39, 0.29) is 24.0 Å². The van der Waals surface area contributed by atoms with Crippen molar-refractivity contribution in [1.29, 1.82) is 0 Å². The standard InChI is InChI=1S/C30H30ClNO5S/c1-19(33)30(2,3)37-24-7-5-6-21(16-24)26-17-32(29(35)36-23-12-10-22(31)11-13-23)18-27(26)28(34)20-8-14-25(38-4)15-9-20/h5-16,26-27H,17-18H2,1-4H3/t26-,27+/m1/s1. The molecule has 3 aromatic carbocycles. The quantitative estimate of drug-likeness (QED) is 0.224. The number of carbonyl (C=O) groups excluding carboxylic acids is 3. The normalized spacial score (nSPS) is 17.2. The summed E-state index contributed by atoms with van der Waals surface area (Å²) in [4.78, 5) is 41.4. The number of ether oxygens (including phenoxy) is 2. The predicted octanol–water partition coefficient (Wildman–Crippen LogP) is 6.91. The number of likely N-dealkylation sites (tertiary alicyclic amines) is 1. The van der Waals surface area contributed by atoms with Crippen molar-refractivity contribution in [2.45, 2.75) is 37.2 Å². The molecule has 8 heteroatoms. The summed E-state index contributed by atoms with van der Waals surface area (Å²) in [6.07, 6.45) is 1.45. The summed E-state index contributed by atoms with van der Waals surface area (Å²) in [5.74, 6) is -0.00410. The topological polar surface area (TPSA) is 72.9 Å². The number of amides is 1. The first-order valence-corrected chi connectivity index (χ1v) is 13.9. The van der Waals surface area contributed by atoms with E-state index in [9.17, 15) is 14.4 Å². The van der Waals surface area contributed by atoms with Gasteiger partial charge in [0.1, 0.15) is 11.5 Å². The lowest BCUT2D eigenvalue weighted by atomic mass is 9.84. The van der Waals surface area contributed by atoms with E-state index in [0.29, 0.717) is 28.6 Å². The van der Waals surface area contributed by atoms with Crippen LogP contribution in [0.5, 0.6) is 11.5 Å². The summed E-state index contributed by atoms with van der Waals surface area (Å²) >= 11 is 7.55. The number of hydrogen-bond acceptors (Lipinski definition) is 6. The monoisotopic (exact) mass is 551 g/mol. The largest absolute Gasteiger partial charge is 0.480 e. The van der Waals surface area contributed by atoms with Crippen LogP contribution < -0.4 is 9.47 Å². The van der Waals surface area contributed by atoms with Crippen molar-refractivity contribution in [1.82, 2.24) is 4.90 Å². The van der Waals surface area contributed by atoms with E-state index in [1.807, 2.05) is 48.7 Å². The van der Waals surface area contributed by atoms with Gasteiger partial charge in [0.05, 0.1) is 0 Å². The fraction of sp³-hybridized carbons (Fsp3) is 0.300. The molecule has 1 fully saturated rings. The lowest BCUT2D eigenvalue weighted by Gasteiger charge is -2.24. The molecule has 0 spiro atoms. The molecule has 3 aromatic rings. The highest BCUT2D eigenvalue weighted by Crippen LogP contribution is 2.37. The molecule has 1 aliphatic heterocycles. The molecule has 4 rings (SSSR count). The second-order valence-electron chi connectivity index (χ2n) is 9.77. The highest BCUT2D eigenvalue weighted by molar-refractivity contribution is 7.98. The van der Waals surface area contributed by atoms with E-state index in [1.165, 1.54) is 6.92 Å². The van der Waals surface area contributed by atoms with Gasteiger partial charge >= 0.3 is 6.09 Å². The Bertz CT molecular complexity index is 1320. The Morgan fingerprint density at radius 2 is 1.63 bits per heavy atom. The number of Topliss-reactive ketones (excluding diaryl/α,β-unsaturated/α-hetero) is 2. The maximum absolute atomic E-state index is 13.7. The summed E-state index contributed by atoms with van der Waals surface area (Å²) in [5.41, 5.74) is 0.454. The van der Waals surface area contributed by atoms with E-state index < -0.39 is 17.6 Å². The van der Waals surface area contributed by atoms with Crippen molar-refractivity contribution in [2.75, 3.05) is 19.3 Å². The smallest absolute Gasteiger partial charge is 0.415 e. The first-order valence-electron chi connectivity index (χ1n) is 12.3. The van der Waals surface area contributed by atoms with Gasteiger partial charge < -0.3 is 14.4 Å². The molecule has 0 aromatic heterocycles. The number of benzene rings is 3. The van der Waals surface area contributed by atoms with Gasteiger partial charge in [-0.3, -0.25) is 9.59 Å². The Kier molecular flexibility index (Phi) is 8.48. The number of hydrogen-bond donors (Lipinski definition) is 0. The lowest BCUT2D eigenvalue weighted by molar-refractivity contribution is -0.129. The molecule has 198 valence electrons. The van der Waals surface area contributed by atoms with Crippen LogP contribution in [-0.4, -0.2) is 47.5 Å². The minimum absolute atomic E-state index is 0.0418. The second-order valence-corrected chi connectivity index (χ2v) is 11.1. The van der Waals surface area contributed by atoms with Gasteiger partial charge in [-0.15, -0.1) is 11.8 Å². The SMILES string of the molecule is CSc1ccc(C(=O)[C@H]2CN(C(=O)Oc3ccc(Cl)cc3)C[C@@H]2c2cccc(OC(C)(C)C(C)=O)c2)cc1. The molecule has 0 N–H and O–H groups in total. The van der Waals surface area contributed by atoms with Gasteiger partial charge in [-0.2, -0.15) is 0 Å². The van der Waals surface area contributed by atoms with Gasteiger partial charge in [-0.05, 0) is 81.1 Å². The molecule has 0 saturated carbocycles. The van der Waals surface area contributed by atoms with Gasteiger partial charge in [0.15, 0.2) is 17.2 Å². The van der Waals surface area contributed by atoms with Gasteiger partial charge in [-0.1, -0.05) is 35.9 Å². The van der Waals surface area contributed by atoms with Crippen molar-refractivity contribution < 1.29 is 23.9 Å². The van der Waals surface area contributed by atoms with Crippen molar-refractivity contribution in [3.05, 3.63) is 88.9 Å². The number of halogens is 1. The van der Waals surface area contributed by atoms with Crippen molar-refractivity contribution in [3.8, 4) is 11.5 Å². The van der Waals surface area contributed by atoms with Crippen LogP contribution >= 0.6 is 23.4 Å². The summed E-state index contributed by atoms with van der Waals surface area (Å²) in [7, 11) is 0. The van der Waals surface area contributed by atoms with Crippen molar-refractivity contribution in [2.24, 2.45) is 5.92 Å². The fourth-order valence-electron chi connectivity index (χ4n) is 4.37. The van der Waals surface area contributed by atoms with E-state index in [2.05, 4.69) is 0 Å². The van der Waals surface area contributed by atoms with Crippen LogP contribution in [-0.2, 0) is 4.79 Å². The molecule has 2 atom stereocenters. The Morgan fingerprint density at radius 1 is 0.947 bits per heavy atom. The second kappa shape index (κ2) is 11.6. The summed E-state index contributed by atoms with van der Waals surface area (Å²) < 4.78 is 11.5. The third-order valence-corrected chi connectivity index (χ3v) is 7.81. The molecule has 0 radical (unpaired) electrons. The number of carbonyl (C=O) groups is 3. The summed E-state index contributed by atoms with van der Waals surface area (Å²) in [6, 6.07) is 21.4. The third-order valence-electron chi connectivity index (χ3n) is 6.82. The highest BCUT2D eigenvalue weighted by Gasteiger charge is 2.41. The van der Waals surface area contributed by atoms with Gasteiger partial charge in [0.2, 0.25) is 0 Å². The van der Waals surface area contributed by atoms with E-state index in [0.717, 1.165) is 10.5 Å². The van der Waals surface area contributed by atoms with Gasteiger partial charge in [0.25, 0.3) is 0 Å². The van der Waals surface area contributed by atoms with Crippen LogP contribution in [0.3, 0.4) is 0 Å². The van der Waals surface area contributed by atoms with Crippen LogP contribution in [0.15, 0.2) is 77.7 Å². The van der Waals surface area contributed by atoms with Crippen LogP contribution in [0.1, 0.15) is 42.6 Å². The Hall–Kier alpha value is -3.29. The zero-order chi connectivity index (χ0) is 27.4. The van der Waals surface area contributed by atoms with Crippen molar-refractivity contribution in [3.63, 3.8) is 0 Å². The Balaban J connectivity index is 1.62. The molecule has 1 heterocycles. The summed E-state index contributed by atoms with van der Waals surface area (Å²) in [5, 5.41) is 0.541. The third kappa shape index (κ3) is 6.40. The molecule has 0 unspecified atom stereocenters. The number of ketones is 2. The predicted molar refractivity (Wildman–Crippen MR) is 150 cm³/mol. The van der Waals surface area contributed by atoms with E-state index in [1.54, 1.807) is 60.8 Å². The minimum atomic E-state index is -0.989. The zero-order valence-corrected chi connectivity index (χ0v) is 23.3. The zero-order valence-electron chi connectivity index (χ0n) is 21.8. The highest BCUT2D eigenvalue weighted by atomic mass is 35.5. The van der Waals surface area contributed by atoms with E-state index in [4.69, 9.17) is 21.1 Å². The number of rotatable bonds is 8. The van der Waals surface area contributed by atoms with Crippen LogP contribution in [0.2, 0.25) is 5.02 Å². The van der Waals surface area contributed by atoms with Crippen LogP contribution in [0.25, 0.3) is 0 Å². The first kappa shape index (κ1) is 27.7. The summed E-state index contributed by atoms with van der Waals surface area (Å²) in [6.45, 7) is 5.44. The Labute approximate surface area is 232 Å².